The van der Waals surface area contributed by atoms with Crippen LogP contribution in [0.25, 0.3) is 0 Å². The van der Waals surface area contributed by atoms with E-state index in [1.165, 1.54) is 4.90 Å². The Balaban J connectivity index is 1.39. The number of β-amino-alcohol motifs (C(OH)–C–C–N with tert-alkyl or cyclic N) is 1. The number of hydrogen-bond acceptors (Lipinski definition) is 9. The zero-order valence-electron chi connectivity index (χ0n) is 26.6. The van der Waals surface area contributed by atoms with E-state index in [1.54, 1.807) is 17.1 Å². The van der Waals surface area contributed by atoms with Crippen LogP contribution in [0, 0.1) is 11.8 Å². The summed E-state index contributed by atoms with van der Waals surface area (Å²) in [7, 11) is 0. The van der Waals surface area contributed by atoms with Crippen LogP contribution < -0.4 is 5.32 Å². The van der Waals surface area contributed by atoms with Crippen molar-refractivity contribution in [3.8, 4) is 0 Å². The predicted octanol–water partition coefficient (Wildman–Crippen LogP) is 1.44. The van der Waals surface area contributed by atoms with E-state index in [9.17, 15) is 24.3 Å². The Bertz CT molecular complexity index is 1310. The molecular formula is C34H45BrN4O8. The van der Waals surface area contributed by atoms with Crippen molar-refractivity contribution in [1.29, 1.82) is 0 Å². The number of aliphatic hydroxyl groups excluding tert-OH is 1. The summed E-state index contributed by atoms with van der Waals surface area (Å²) in [6.45, 7) is 11.2. The van der Waals surface area contributed by atoms with Crippen molar-refractivity contribution in [2.75, 3.05) is 65.6 Å². The van der Waals surface area contributed by atoms with Gasteiger partial charge in [-0.15, -0.1) is 13.2 Å². The summed E-state index contributed by atoms with van der Waals surface area (Å²) in [5.41, 5.74) is -0.599. The summed E-state index contributed by atoms with van der Waals surface area (Å²) in [5.74, 6) is -3.53. The van der Waals surface area contributed by atoms with Crippen LogP contribution in [0.1, 0.15) is 30.9 Å². The largest absolute Gasteiger partial charge is 0.455 e. The second kappa shape index (κ2) is 15.9. The first-order chi connectivity index (χ1) is 22.7. The van der Waals surface area contributed by atoms with Gasteiger partial charge in [0.2, 0.25) is 17.7 Å². The standard InChI is InChI=1S/C34H45BrN4O8/c1-3-5-11-26(41)36-22-25(23-9-7-6-8-10-23)46-33(44)27-28-31(42)39(15-18-40)30(34(28)21-24(35)29(27)47-34)32(43)38(12-4-2)14-13-37-16-19-45-20-17-37/h3-4,6-10,24-25,27-30,40H,1-2,5,11-22H2,(H,36,41)/t24?,25-,27-,28+,29-,30-,34+/m1/s1. The number of esters is 1. The van der Waals surface area contributed by atoms with Crippen molar-refractivity contribution in [3.63, 3.8) is 0 Å². The lowest BCUT2D eigenvalue weighted by Gasteiger charge is -2.37. The number of benzene rings is 1. The molecule has 1 aromatic carbocycles. The minimum absolute atomic E-state index is 0.0445. The van der Waals surface area contributed by atoms with E-state index < -0.39 is 47.6 Å². The smallest absolute Gasteiger partial charge is 0.313 e. The highest BCUT2D eigenvalue weighted by atomic mass is 79.9. The van der Waals surface area contributed by atoms with Crippen molar-refractivity contribution >= 4 is 39.6 Å². The Hall–Kier alpha value is -3.10. The van der Waals surface area contributed by atoms with Gasteiger partial charge < -0.3 is 34.4 Å². The van der Waals surface area contributed by atoms with Crippen molar-refractivity contribution < 1.29 is 38.5 Å². The zero-order valence-corrected chi connectivity index (χ0v) is 28.2. The fourth-order valence-electron chi connectivity index (χ4n) is 7.38. The molecule has 4 heterocycles. The third-order valence-corrected chi connectivity index (χ3v) is 10.4. The van der Waals surface area contributed by atoms with Crippen LogP contribution in [-0.2, 0) is 33.4 Å². The molecule has 7 atom stereocenters. The van der Waals surface area contributed by atoms with E-state index in [-0.39, 0.29) is 49.3 Å². The number of alkyl halides is 1. The van der Waals surface area contributed by atoms with Gasteiger partial charge in [0.15, 0.2) is 0 Å². The van der Waals surface area contributed by atoms with Crippen LogP contribution in [0.4, 0.5) is 0 Å². The molecule has 4 aliphatic rings. The number of morpholine rings is 1. The fourth-order valence-corrected chi connectivity index (χ4v) is 8.32. The molecule has 5 rings (SSSR count). The highest BCUT2D eigenvalue weighted by molar-refractivity contribution is 9.09. The second-order valence-electron chi connectivity index (χ2n) is 12.4. The molecule has 4 fully saturated rings. The van der Waals surface area contributed by atoms with Crippen molar-refractivity contribution in [2.24, 2.45) is 11.8 Å². The number of likely N-dealkylation sites (tertiary alicyclic amines) is 1. The third-order valence-electron chi connectivity index (χ3n) is 9.58. The summed E-state index contributed by atoms with van der Waals surface area (Å²) < 4.78 is 18.1. The van der Waals surface area contributed by atoms with Crippen LogP contribution in [0.3, 0.4) is 0 Å². The summed E-state index contributed by atoms with van der Waals surface area (Å²) in [4.78, 5) is 60.1. The average molecular weight is 718 g/mol. The topological polar surface area (TPSA) is 138 Å². The Kier molecular flexibility index (Phi) is 11.9. The van der Waals surface area contributed by atoms with Crippen LogP contribution in [0.5, 0.6) is 0 Å². The fraction of sp³-hybridized carbons (Fsp3) is 0.588. The average Bonchev–Trinajstić information content (AvgIpc) is 3.67. The maximum absolute atomic E-state index is 14.4. The molecule has 1 aromatic rings. The number of nitrogens with zero attached hydrogens (tertiary/aromatic N) is 3. The number of amides is 3. The Morgan fingerprint density at radius 1 is 1.17 bits per heavy atom. The van der Waals surface area contributed by atoms with Gasteiger partial charge in [0.05, 0.1) is 44.3 Å². The highest BCUT2D eigenvalue weighted by Gasteiger charge is 2.77. The number of ether oxygens (including phenoxy) is 3. The second-order valence-corrected chi connectivity index (χ2v) is 13.6. The first-order valence-corrected chi connectivity index (χ1v) is 17.2. The molecule has 0 saturated carbocycles. The van der Waals surface area contributed by atoms with Gasteiger partial charge in [0.1, 0.15) is 17.7 Å². The van der Waals surface area contributed by atoms with E-state index in [0.717, 1.165) is 13.1 Å². The number of allylic oxidation sites excluding steroid dienone is 1. The number of carbonyl (C=O) groups excluding carboxylic acids is 4. The van der Waals surface area contributed by atoms with Gasteiger partial charge in [-0.1, -0.05) is 58.4 Å². The van der Waals surface area contributed by atoms with Crippen molar-refractivity contribution in [1.82, 2.24) is 20.0 Å². The molecule has 4 saturated heterocycles. The van der Waals surface area contributed by atoms with Gasteiger partial charge in [-0.25, -0.2) is 0 Å². The number of rotatable bonds is 16. The SMILES string of the molecule is C=CCCC(=O)NC[C@@H](OC(=O)[C@H]1[C@@H]2O[C@@]3(CC2Br)[C@@H]1C(=O)N(CCO)[C@@H]3C(=O)N(CC=C)CCN1CCOCC1)c1ccccc1. The lowest BCUT2D eigenvalue weighted by atomic mass is 9.70. The molecule has 256 valence electrons. The summed E-state index contributed by atoms with van der Waals surface area (Å²) in [6, 6.07) is 8.06. The zero-order chi connectivity index (χ0) is 33.6. The van der Waals surface area contributed by atoms with Crippen LogP contribution in [0.15, 0.2) is 55.6 Å². The Labute approximate surface area is 284 Å². The van der Waals surface area contributed by atoms with Gasteiger partial charge in [-0.3, -0.25) is 24.1 Å². The number of nitrogens with one attached hydrogen (secondary N) is 1. The lowest BCUT2D eigenvalue weighted by molar-refractivity contribution is -0.160. The van der Waals surface area contributed by atoms with E-state index in [2.05, 4.69) is 39.3 Å². The van der Waals surface area contributed by atoms with Crippen molar-refractivity contribution in [3.05, 3.63) is 61.2 Å². The predicted molar refractivity (Wildman–Crippen MR) is 176 cm³/mol. The van der Waals surface area contributed by atoms with Gasteiger partial charge in [-0.05, 0) is 18.4 Å². The molecule has 1 spiro atoms. The van der Waals surface area contributed by atoms with E-state index >= 15 is 0 Å². The maximum Gasteiger partial charge on any atom is 0.313 e. The van der Waals surface area contributed by atoms with Gasteiger partial charge in [0.25, 0.3) is 0 Å². The Morgan fingerprint density at radius 2 is 1.91 bits per heavy atom. The molecular weight excluding hydrogens is 672 g/mol. The molecule has 12 nitrogen and oxygen atoms in total. The molecule has 13 heteroatoms. The minimum atomic E-state index is -1.29. The third kappa shape index (κ3) is 7.34. The molecule has 2 N–H and O–H groups in total. The monoisotopic (exact) mass is 716 g/mol. The summed E-state index contributed by atoms with van der Waals surface area (Å²) in [5, 5.41) is 12.8. The van der Waals surface area contributed by atoms with Crippen LogP contribution >= 0.6 is 15.9 Å². The van der Waals surface area contributed by atoms with E-state index in [4.69, 9.17) is 14.2 Å². The lowest BCUT2D eigenvalue weighted by Crippen LogP contribution is -2.58. The molecule has 4 aliphatic heterocycles. The van der Waals surface area contributed by atoms with E-state index in [1.807, 2.05) is 30.3 Å². The minimum Gasteiger partial charge on any atom is -0.455 e. The molecule has 0 aromatic heterocycles. The molecule has 1 unspecified atom stereocenters. The number of aliphatic hydroxyl groups is 1. The van der Waals surface area contributed by atoms with Gasteiger partial charge in [0, 0.05) is 50.5 Å². The number of carbonyl (C=O) groups is 4. The molecule has 0 aliphatic carbocycles. The van der Waals surface area contributed by atoms with E-state index in [0.29, 0.717) is 44.7 Å². The Morgan fingerprint density at radius 3 is 2.60 bits per heavy atom. The first kappa shape index (κ1) is 35.2. The summed E-state index contributed by atoms with van der Waals surface area (Å²) >= 11 is 3.69. The molecule has 2 bridgehead atoms. The number of hydrogen-bond donors (Lipinski definition) is 2. The maximum atomic E-state index is 14.4. The van der Waals surface area contributed by atoms with Crippen LogP contribution in [0.2, 0.25) is 0 Å². The van der Waals surface area contributed by atoms with Crippen LogP contribution in [-0.4, -0.2) is 132 Å². The quantitative estimate of drug-likeness (QED) is 0.148. The van der Waals surface area contributed by atoms with Gasteiger partial charge in [-0.2, -0.15) is 0 Å². The normalized spacial score (nSPS) is 28.9. The van der Waals surface area contributed by atoms with Crippen molar-refractivity contribution in [2.45, 2.75) is 47.9 Å². The number of fused-ring (bicyclic) bond motifs is 1. The first-order valence-electron chi connectivity index (χ1n) is 16.3. The molecule has 47 heavy (non-hydrogen) atoms. The molecule has 0 radical (unpaired) electrons. The number of halogens is 1. The molecule has 3 amide bonds. The van der Waals surface area contributed by atoms with Gasteiger partial charge >= 0.3 is 5.97 Å². The summed E-state index contributed by atoms with van der Waals surface area (Å²) in [6.07, 6.45) is 2.90. The highest BCUT2D eigenvalue weighted by Crippen LogP contribution is 2.60.